The first kappa shape index (κ1) is 41.7. The van der Waals surface area contributed by atoms with E-state index in [1.165, 1.54) is 5.57 Å². The molecular formula is C51H57NO7. The van der Waals surface area contributed by atoms with Gasteiger partial charge in [-0.05, 0) is 133 Å². The van der Waals surface area contributed by atoms with E-state index in [0.29, 0.717) is 73.4 Å². The molecule has 0 radical (unpaired) electrons. The molecule has 3 aliphatic carbocycles. The fourth-order valence-corrected chi connectivity index (χ4v) is 9.56. The molecule has 3 aliphatic rings. The van der Waals surface area contributed by atoms with E-state index in [1.54, 1.807) is 45.6 Å². The van der Waals surface area contributed by atoms with E-state index >= 15 is 0 Å². The number of rotatable bonds is 11. The van der Waals surface area contributed by atoms with Crippen molar-refractivity contribution in [1.82, 2.24) is 4.90 Å². The lowest BCUT2D eigenvalue weighted by Crippen LogP contribution is -2.53. The predicted octanol–water partition coefficient (Wildman–Crippen LogP) is 9.41. The first-order valence-electron chi connectivity index (χ1n) is 20.8. The summed E-state index contributed by atoms with van der Waals surface area (Å²) >= 11 is 0. The Hall–Kier alpha value is -5.44. The van der Waals surface area contributed by atoms with Crippen molar-refractivity contribution in [1.29, 1.82) is 0 Å². The molecule has 0 heterocycles. The second-order valence-corrected chi connectivity index (χ2v) is 16.8. The van der Waals surface area contributed by atoms with Gasteiger partial charge in [0, 0.05) is 23.1 Å². The van der Waals surface area contributed by atoms with Crippen molar-refractivity contribution in [3.63, 3.8) is 0 Å². The highest BCUT2D eigenvalue weighted by Crippen LogP contribution is 2.59. The molecule has 0 unspecified atom stereocenters. The summed E-state index contributed by atoms with van der Waals surface area (Å²) in [6, 6.07) is 33.1. The first-order chi connectivity index (χ1) is 28.4. The van der Waals surface area contributed by atoms with Gasteiger partial charge in [0.1, 0.15) is 5.75 Å². The quantitative estimate of drug-likeness (QED) is 0.101. The van der Waals surface area contributed by atoms with Crippen molar-refractivity contribution >= 4 is 22.5 Å². The average Bonchev–Trinajstić information content (AvgIpc) is 3.50. The summed E-state index contributed by atoms with van der Waals surface area (Å²) in [4.78, 5) is 31.2. The van der Waals surface area contributed by atoms with Gasteiger partial charge in [-0.2, -0.15) is 0 Å². The number of aliphatic hydroxyl groups is 2. The topological polar surface area (TPSA) is 106 Å². The second kappa shape index (κ2) is 17.8. The number of amides is 1. The van der Waals surface area contributed by atoms with Gasteiger partial charge in [0.05, 0.1) is 46.0 Å². The third kappa shape index (κ3) is 8.80. The molecule has 2 N–H and O–H groups in total. The first-order valence-corrected chi connectivity index (χ1v) is 20.8. The van der Waals surface area contributed by atoms with Crippen LogP contribution >= 0.6 is 0 Å². The Morgan fingerprint density at radius 3 is 2.36 bits per heavy atom. The molecule has 308 valence electrons. The van der Waals surface area contributed by atoms with Gasteiger partial charge >= 0.3 is 0 Å². The highest BCUT2D eigenvalue weighted by molar-refractivity contribution is 6.10. The monoisotopic (exact) mass is 795 g/mol. The second-order valence-electron chi connectivity index (χ2n) is 16.8. The highest BCUT2D eigenvalue weighted by atomic mass is 16.5. The molecule has 5 aromatic carbocycles. The summed E-state index contributed by atoms with van der Waals surface area (Å²) in [7, 11) is 4.77. The lowest BCUT2D eigenvalue weighted by atomic mass is 9.64. The van der Waals surface area contributed by atoms with Crippen molar-refractivity contribution in [2.75, 3.05) is 27.9 Å². The van der Waals surface area contributed by atoms with Crippen molar-refractivity contribution in [3.05, 3.63) is 148 Å². The number of nitrogens with zero attached hydrogens (tertiary/aromatic N) is 1. The van der Waals surface area contributed by atoms with Crippen molar-refractivity contribution < 1.29 is 34.0 Å². The fourth-order valence-electron chi connectivity index (χ4n) is 9.56. The van der Waals surface area contributed by atoms with Crippen LogP contribution in [0.1, 0.15) is 96.5 Å². The minimum atomic E-state index is -1.30. The molecule has 8 rings (SSSR count). The Morgan fingerprint density at radius 2 is 1.59 bits per heavy atom. The van der Waals surface area contributed by atoms with Gasteiger partial charge < -0.3 is 29.3 Å². The van der Waals surface area contributed by atoms with Gasteiger partial charge in [0.15, 0.2) is 17.3 Å². The molecule has 0 aromatic heterocycles. The summed E-state index contributed by atoms with van der Waals surface area (Å²) < 4.78 is 16.4. The fraction of sp³-hybridized carbons (Fsp3) is 0.373. The van der Waals surface area contributed by atoms with E-state index in [1.807, 2.05) is 53.4 Å². The molecule has 1 saturated carbocycles. The van der Waals surface area contributed by atoms with Crippen LogP contribution in [0.15, 0.2) is 115 Å². The Morgan fingerprint density at radius 1 is 0.831 bits per heavy atom. The van der Waals surface area contributed by atoms with Crippen LogP contribution in [0.25, 0.3) is 10.8 Å². The third-order valence-corrected chi connectivity index (χ3v) is 13.1. The van der Waals surface area contributed by atoms with Crippen molar-refractivity contribution in [2.24, 2.45) is 5.41 Å². The summed E-state index contributed by atoms with van der Waals surface area (Å²) in [5, 5.41) is 26.6. The molecule has 0 aliphatic heterocycles. The predicted molar refractivity (Wildman–Crippen MR) is 232 cm³/mol. The highest BCUT2D eigenvalue weighted by Gasteiger charge is 2.57. The number of hydrogen-bond acceptors (Lipinski definition) is 7. The number of ketones is 1. The molecule has 0 saturated heterocycles. The molecule has 4 atom stereocenters. The van der Waals surface area contributed by atoms with Gasteiger partial charge in [-0.15, -0.1) is 0 Å². The lowest BCUT2D eigenvalue weighted by Gasteiger charge is -2.46. The third-order valence-electron chi connectivity index (χ3n) is 13.1. The summed E-state index contributed by atoms with van der Waals surface area (Å²) in [5.74, 6) is 1.39. The number of allylic oxidation sites excluding steroid dienone is 2. The van der Waals surface area contributed by atoms with Crippen LogP contribution < -0.4 is 14.2 Å². The molecule has 59 heavy (non-hydrogen) atoms. The molecule has 1 amide bonds. The standard InChI is InChI=1S/C51H57NO7/c1-34-10-9-26-50(2)45(43-23-16-35(28-40(53)20-15-34)29-44(43)49(55)38-18-21-41(57-3)22-19-38)25-27-51(50,56)33-52(32-39-13-8-12-37-11-6-7-14-42(37)39)48(54)31-36-17-24-46(58-4)47(30-36)59-5/h6-8,10-14,16-19,21-24,29-30,40,45,53,56H,9,15,20,25-28,31-33H2,1-5H3/t40-,45-,50-,51+/m0/s1. The van der Waals surface area contributed by atoms with Crippen LogP contribution in [0.3, 0.4) is 0 Å². The molecule has 1 fully saturated rings. The Balaban J connectivity index is 1.31. The average molecular weight is 796 g/mol. The van der Waals surface area contributed by atoms with Gasteiger partial charge in [0.2, 0.25) is 5.91 Å². The number of ether oxygens (including phenoxy) is 3. The summed E-state index contributed by atoms with van der Waals surface area (Å²) in [5.41, 5.74) is 3.86. The SMILES string of the molecule is COc1ccc(C(=O)c2cc3ccc2[C@@H]2CC[C@@](O)(CN(Cc4cccc5ccccc45)C(=O)Cc4ccc(OC)c(OC)c4)[C@@]2(C)CCC=C(C)CC[C@H](O)C3)cc1. The Kier molecular flexibility index (Phi) is 12.6. The van der Waals surface area contributed by atoms with E-state index in [2.05, 4.69) is 50.3 Å². The van der Waals surface area contributed by atoms with Crippen molar-refractivity contribution in [3.8, 4) is 17.2 Å². The maximum Gasteiger partial charge on any atom is 0.227 e. The smallest absolute Gasteiger partial charge is 0.227 e. The number of aliphatic hydroxyl groups excluding tert-OH is 1. The van der Waals surface area contributed by atoms with Crippen LogP contribution in [-0.4, -0.2) is 66.4 Å². The minimum Gasteiger partial charge on any atom is -0.497 e. The van der Waals surface area contributed by atoms with E-state index in [9.17, 15) is 19.8 Å². The van der Waals surface area contributed by atoms with Gasteiger partial charge in [0.25, 0.3) is 0 Å². The number of benzene rings is 5. The number of fused-ring (bicyclic) bond motifs is 9. The zero-order valence-corrected chi connectivity index (χ0v) is 35.0. The van der Waals surface area contributed by atoms with Gasteiger partial charge in [-0.3, -0.25) is 9.59 Å². The van der Waals surface area contributed by atoms with E-state index < -0.39 is 17.1 Å². The Bertz CT molecular complexity index is 2330. The summed E-state index contributed by atoms with van der Waals surface area (Å²) in [6.07, 6.45) is 6.03. The van der Waals surface area contributed by atoms with E-state index in [0.717, 1.165) is 39.4 Å². The van der Waals surface area contributed by atoms with Crippen LogP contribution in [0.5, 0.6) is 17.2 Å². The zero-order chi connectivity index (χ0) is 41.7. The minimum absolute atomic E-state index is 0.108. The molecule has 2 bridgehead atoms. The molecule has 5 aromatic rings. The molecule has 8 nitrogen and oxygen atoms in total. The van der Waals surface area contributed by atoms with Gasteiger partial charge in [-0.1, -0.05) is 79.2 Å². The largest absolute Gasteiger partial charge is 0.497 e. The number of carbonyl (C=O) groups excluding carboxylic acids is 2. The van der Waals surface area contributed by atoms with Crippen LogP contribution in [0.4, 0.5) is 0 Å². The van der Waals surface area contributed by atoms with E-state index in [4.69, 9.17) is 14.2 Å². The lowest BCUT2D eigenvalue weighted by molar-refractivity contribution is -0.140. The van der Waals surface area contributed by atoms with Gasteiger partial charge in [-0.25, -0.2) is 0 Å². The van der Waals surface area contributed by atoms with Crippen molar-refractivity contribution in [2.45, 2.75) is 89.4 Å². The zero-order valence-electron chi connectivity index (χ0n) is 35.0. The number of carbonyl (C=O) groups is 2. The normalized spacial score (nSPS) is 21.9. The molecular weight excluding hydrogens is 739 g/mol. The summed E-state index contributed by atoms with van der Waals surface area (Å²) in [6.45, 7) is 4.70. The van der Waals surface area contributed by atoms with E-state index in [-0.39, 0.29) is 30.6 Å². The van der Waals surface area contributed by atoms with Crippen LogP contribution in [0.2, 0.25) is 0 Å². The van der Waals surface area contributed by atoms with Crippen LogP contribution in [-0.2, 0) is 24.2 Å². The maximum atomic E-state index is 14.8. The maximum absolute atomic E-state index is 14.8. The number of methoxy groups -OCH3 is 3. The Labute approximate surface area is 348 Å². The number of hydrogen-bond donors (Lipinski definition) is 2. The van der Waals surface area contributed by atoms with Crippen LogP contribution in [0, 0.1) is 5.41 Å². The molecule has 8 heteroatoms. The molecule has 0 spiro atoms.